The van der Waals surface area contributed by atoms with Crippen molar-refractivity contribution >= 4 is 17.1 Å². The number of hydrogen-bond donors (Lipinski definition) is 0. The second-order valence-corrected chi connectivity index (χ2v) is 16.6. The Labute approximate surface area is 353 Å². The van der Waals surface area contributed by atoms with Crippen molar-refractivity contribution in [3.63, 3.8) is 0 Å². The van der Waals surface area contributed by atoms with E-state index < -0.39 is 5.41 Å². The summed E-state index contributed by atoms with van der Waals surface area (Å²) in [6, 6.07) is 78.8. The predicted molar refractivity (Wildman–Crippen MR) is 253 cm³/mol. The zero-order valence-electron chi connectivity index (χ0n) is 34.2. The minimum atomic E-state index is -0.419. The van der Waals surface area contributed by atoms with E-state index in [0.717, 1.165) is 11.4 Å². The molecule has 0 radical (unpaired) electrons. The van der Waals surface area contributed by atoms with Crippen LogP contribution in [0, 0.1) is 6.92 Å². The zero-order chi connectivity index (χ0) is 40.4. The van der Waals surface area contributed by atoms with E-state index in [1.165, 1.54) is 94.7 Å². The van der Waals surface area contributed by atoms with E-state index in [4.69, 9.17) is 0 Å². The molecular weight excluding hydrogens is 723 g/mol. The summed E-state index contributed by atoms with van der Waals surface area (Å²) < 4.78 is 0. The molecule has 0 bridgehead atoms. The largest absolute Gasteiger partial charge is 0.310 e. The number of rotatable bonds is 7. The van der Waals surface area contributed by atoms with Crippen LogP contribution in [0.1, 0.15) is 53.1 Å². The van der Waals surface area contributed by atoms with Crippen LogP contribution in [0.4, 0.5) is 17.1 Å². The van der Waals surface area contributed by atoms with Crippen molar-refractivity contribution in [2.24, 2.45) is 0 Å². The SMILES string of the molecule is Cc1ccccc1-c1cccc(-c2ccc(N(c3ccc(-c4ccccc4)cc3)c3cccc4c3-c3ccccc3C43c4ccccc4-c4ccccc43)cc2)c1C(C)C. The minimum Gasteiger partial charge on any atom is -0.310 e. The van der Waals surface area contributed by atoms with Gasteiger partial charge in [0.1, 0.15) is 0 Å². The molecule has 9 aromatic carbocycles. The number of nitrogens with zero attached hydrogens (tertiary/aromatic N) is 1. The third-order valence-corrected chi connectivity index (χ3v) is 13.0. The highest BCUT2D eigenvalue weighted by molar-refractivity contribution is 6.01. The van der Waals surface area contributed by atoms with Crippen LogP contribution >= 0.6 is 0 Å². The van der Waals surface area contributed by atoms with Crippen molar-refractivity contribution < 1.29 is 0 Å². The molecule has 60 heavy (non-hydrogen) atoms. The predicted octanol–water partition coefficient (Wildman–Crippen LogP) is 15.9. The summed E-state index contributed by atoms with van der Waals surface area (Å²) in [5.41, 5.74) is 23.8. The molecule has 1 spiro atoms. The molecule has 1 heteroatoms. The first kappa shape index (κ1) is 35.9. The summed E-state index contributed by atoms with van der Waals surface area (Å²) >= 11 is 0. The first-order valence-electron chi connectivity index (χ1n) is 21.2. The topological polar surface area (TPSA) is 3.24 Å². The lowest BCUT2D eigenvalue weighted by molar-refractivity contribution is 0.794. The third-order valence-electron chi connectivity index (χ3n) is 13.0. The lowest BCUT2D eigenvalue weighted by Crippen LogP contribution is -2.26. The molecule has 2 aliphatic carbocycles. The van der Waals surface area contributed by atoms with Gasteiger partial charge in [-0.25, -0.2) is 0 Å². The van der Waals surface area contributed by atoms with Crippen LogP contribution in [0.2, 0.25) is 0 Å². The lowest BCUT2D eigenvalue weighted by Gasteiger charge is -2.32. The summed E-state index contributed by atoms with van der Waals surface area (Å²) in [5.74, 6) is 0.347. The van der Waals surface area contributed by atoms with E-state index in [9.17, 15) is 0 Å². The Balaban J connectivity index is 1.12. The van der Waals surface area contributed by atoms with Gasteiger partial charge in [-0.15, -0.1) is 0 Å². The molecular formula is C59H45N. The molecule has 1 nitrogen and oxygen atoms in total. The maximum atomic E-state index is 2.48. The van der Waals surface area contributed by atoms with E-state index in [2.05, 4.69) is 238 Å². The van der Waals surface area contributed by atoms with Crippen molar-refractivity contribution in [2.45, 2.75) is 32.1 Å². The Bertz CT molecular complexity index is 3020. The monoisotopic (exact) mass is 767 g/mol. The maximum absolute atomic E-state index is 2.48. The fourth-order valence-corrected chi connectivity index (χ4v) is 10.5. The van der Waals surface area contributed by atoms with Crippen molar-refractivity contribution in [3.05, 3.63) is 246 Å². The van der Waals surface area contributed by atoms with Gasteiger partial charge in [-0.05, 0) is 127 Å². The van der Waals surface area contributed by atoms with Crippen LogP contribution in [0.25, 0.3) is 55.6 Å². The average Bonchev–Trinajstić information content (AvgIpc) is 3.78. The number of aryl methyl sites for hydroxylation is 1. The third kappa shape index (κ3) is 5.39. The van der Waals surface area contributed by atoms with Crippen LogP contribution in [-0.4, -0.2) is 0 Å². The van der Waals surface area contributed by atoms with E-state index in [0.29, 0.717) is 5.92 Å². The van der Waals surface area contributed by atoms with Gasteiger partial charge < -0.3 is 4.90 Å². The van der Waals surface area contributed by atoms with E-state index in [1.54, 1.807) is 0 Å². The van der Waals surface area contributed by atoms with Crippen molar-refractivity contribution in [1.29, 1.82) is 0 Å². The molecule has 0 aromatic heterocycles. The van der Waals surface area contributed by atoms with E-state index >= 15 is 0 Å². The van der Waals surface area contributed by atoms with Gasteiger partial charge in [0.25, 0.3) is 0 Å². The quantitative estimate of drug-likeness (QED) is 0.156. The summed E-state index contributed by atoms with van der Waals surface area (Å²) in [6.07, 6.45) is 0. The highest BCUT2D eigenvalue weighted by atomic mass is 15.1. The van der Waals surface area contributed by atoms with Gasteiger partial charge in [-0.1, -0.05) is 196 Å². The normalized spacial score (nSPS) is 12.9. The molecule has 0 saturated heterocycles. The molecule has 0 unspecified atom stereocenters. The van der Waals surface area contributed by atoms with Gasteiger partial charge >= 0.3 is 0 Å². The van der Waals surface area contributed by atoms with Gasteiger partial charge in [0, 0.05) is 16.9 Å². The molecule has 0 amide bonds. The Morgan fingerprint density at radius 1 is 0.350 bits per heavy atom. The molecule has 286 valence electrons. The first-order valence-corrected chi connectivity index (χ1v) is 21.2. The van der Waals surface area contributed by atoms with Crippen LogP contribution < -0.4 is 4.90 Å². The van der Waals surface area contributed by atoms with E-state index in [-0.39, 0.29) is 0 Å². The highest BCUT2D eigenvalue weighted by Crippen LogP contribution is 2.64. The maximum Gasteiger partial charge on any atom is 0.0726 e. The number of anilines is 3. The Morgan fingerprint density at radius 2 is 0.800 bits per heavy atom. The van der Waals surface area contributed by atoms with Gasteiger partial charge in [-0.3, -0.25) is 0 Å². The molecule has 11 rings (SSSR count). The molecule has 9 aromatic rings. The molecule has 0 heterocycles. The summed E-state index contributed by atoms with van der Waals surface area (Å²) in [6.45, 7) is 6.85. The van der Waals surface area contributed by atoms with Crippen molar-refractivity contribution in [2.75, 3.05) is 4.90 Å². The van der Waals surface area contributed by atoms with Gasteiger partial charge in [0.15, 0.2) is 0 Å². The standard InChI is InChI=1S/C59H45N/c1-39(2)57-47(24-15-25-50(57)46-20-8-7-17-40(46)3)43-33-37-45(38-34-43)60(44-35-31-42(32-36-44)41-18-5-4-6-19-41)56-30-16-29-55-58(56)51-23-11-14-28-54(51)59(55)52-26-12-9-21-48(52)49-22-10-13-27-53(49)59/h4-39H,1-3H3. The van der Waals surface area contributed by atoms with Crippen LogP contribution in [-0.2, 0) is 5.41 Å². The highest BCUT2D eigenvalue weighted by Gasteiger charge is 2.52. The van der Waals surface area contributed by atoms with Crippen molar-refractivity contribution in [3.8, 4) is 55.6 Å². The molecule has 0 saturated carbocycles. The minimum absolute atomic E-state index is 0.347. The molecule has 0 aliphatic heterocycles. The summed E-state index contributed by atoms with van der Waals surface area (Å²) in [4.78, 5) is 2.48. The lowest BCUT2D eigenvalue weighted by atomic mass is 9.70. The second-order valence-electron chi connectivity index (χ2n) is 16.6. The van der Waals surface area contributed by atoms with Crippen LogP contribution in [0.3, 0.4) is 0 Å². The summed E-state index contributed by atoms with van der Waals surface area (Å²) in [7, 11) is 0. The fourth-order valence-electron chi connectivity index (χ4n) is 10.5. The average molecular weight is 768 g/mol. The second kappa shape index (κ2) is 14.3. The first-order chi connectivity index (χ1) is 29.5. The molecule has 0 fully saturated rings. The van der Waals surface area contributed by atoms with Gasteiger partial charge in [0.2, 0.25) is 0 Å². The van der Waals surface area contributed by atoms with E-state index in [1.807, 2.05) is 0 Å². The fraction of sp³-hybridized carbons (Fsp3) is 0.0847. The molecule has 0 atom stereocenters. The summed E-state index contributed by atoms with van der Waals surface area (Å²) in [5, 5.41) is 0. The Kier molecular flexibility index (Phi) is 8.53. The number of hydrogen-bond acceptors (Lipinski definition) is 1. The number of benzene rings is 9. The van der Waals surface area contributed by atoms with Crippen LogP contribution in [0.5, 0.6) is 0 Å². The Morgan fingerprint density at radius 3 is 1.42 bits per heavy atom. The Hall–Kier alpha value is -7.22. The zero-order valence-corrected chi connectivity index (χ0v) is 34.2. The molecule has 2 aliphatic rings. The van der Waals surface area contributed by atoms with Crippen molar-refractivity contribution in [1.82, 2.24) is 0 Å². The smallest absolute Gasteiger partial charge is 0.0726 e. The van der Waals surface area contributed by atoms with Crippen LogP contribution in [0.15, 0.2) is 212 Å². The molecule has 0 N–H and O–H groups in total. The number of fused-ring (bicyclic) bond motifs is 10. The van der Waals surface area contributed by atoms with Gasteiger partial charge in [-0.2, -0.15) is 0 Å². The van der Waals surface area contributed by atoms with Gasteiger partial charge in [0.05, 0.1) is 11.1 Å².